The summed E-state index contributed by atoms with van der Waals surface area (Å²) >= 11 is 0. The van der Waals surface area contributed by atoms with Gasteiger partial charge in [0.15, 0.2) is 0 Å². The van der Waals surface area contributed by atoms with Gasteiger partial charge in [-0.1, -0.05) is 31.2 Å². The lowest BCUT2D eigenvalue weighted by Crippen LogP contribution is -2.36. The van der Waals surface area contributed by atoms with Gasteiger partial charge in [0.2, 0.25) is 5.91 Å². The fourth-order valence-electron chi connectivity index (χ4n) is 1.59. The number of hydrogen-bond donors (Lipinski definition) is 1. The van der Waals surface area contributed by atoms with Gasteiger partial charge in [-0.15, -0.1) is 6.58 Å². The first-order valence-electron chi connectivity index (χ1n) is 5.95. The standard InChI is InChI=1S/C14H20N2O/c1-3-10-16(11-4-2)14(17)12-15-13-8-6-5-7-9-13/h3,5-9,15H,1,4,10-12H2,2H3. The van der Waals surface area contributed by atoms with Crippen LogP contribution in [0.2, 0.25) is 0 Å². The maximum absolute atomic E-state index is 11.9. The molecule has 1 aromatic rings. The van der Waals surface area contributed by atoms with Crippen LogP contribution in [0.5, 0.6) is 0 Å². The highest BCUT2D eigenvalue weighted by Crippen LogP contribution is 2.04. The molecule has 0 atom stereocenters. The van der Waals surface area contributed by atoms with Crippen LogP contribution in [0.25, 0.3) is 0 Å². The second kappa shape index (κ2) is 7.49. The van der Waals surface area contributed by atoms with Crippen LogP contribution in [0.15, 0.2) is 43.0 Å². The van der Waals surface area contributed by atoms with Crippen LogP contribution >= 0.6 is 0 Å². The van der Waals surface area contributed by atoms with E-state index in [1.807, 2.05) is 35.2 Å². The molecule has 3 heteroatoms. The predicted molar refractivity (Wildman–Crippen MR) is 72.0 cm³/mol. The fourth-order valence-corrected chi connectivity index (χ4v) is 1.59. The second-order valence-corrected chi connectivity index (χ2v) is 3.85. The molecule has 0 aliphatic carbocycles. The number of amides is 1. The van der Waals surface area contributed by atoms with Gasteiger partial charge >= 0.3 is 0 Å². The van der Waals surface area contributed by atoms with E-state index >= 15 is 0 Å². The Labute approximate surface area is 103 Å². The molecule has 17 heavy (non-hydrogen) atoms. The van der Waals surface area contributed by atoms with Crippen molar-refractivity contribution in [2.24, 2.45) is 0 Å². The highest BCUT2D eigenvalue weighted by atomic mass is 16.2. The van der Waals surface area contributed by atoms with Gasteiger partial charge in [0.05, 0.1) is 6.54 Å². The molecule has 1 N–H and O–H groups in total. The van der Waals surface area contributed by atoms with E-state index in [1.165, 1.54) is 0 Å². The average molecular weight is 232 g/mol. The molecule has 0 saturated carbocycles. The maximum atomic E-state index is 11.9. The van der Waals surface area contributed by atoms with E-state index in [0.717, 1.165) is 18.7 Å². The Kier molecular flexibility index (Phi) is 5.86. The smallest absolute Gasteiger partial charge is 0.242 e. The molecule has 0 spiro atoms. The number of carbonyl (C=O) groups excluding carboxylic acids is 1. The van der Waals surface area contributed by atoms with Gasteiger partial charge in [-0.2, -0.15) is 0 Å². The van der Waals surface area contributed by atoms with Crippen molar-refractivity contribution in [1.29, 1.82) is 0 Å². The van der Waals surface area contributed by atoms with E-state index in [0.29, 0.717) is 13.1 Å². The minimum atomic E-state index is 0.107. The summed E-state index contributed by atoms with van der Waals surface area (Å²) in [6, 6.07) is 9.74. The quantitative estimate of drug-likeness (QED) is 0.733. The minimum absolute atomic E-state index is 0.107. The highest BCUT2D eigenvalue weighted by molar-refractivity contribution is 5.81. The molecule has 0 unspecified atom stereocenters. The van der Waals surface area contributed by atoms with Gasteiger partial charge in [0.1, 0.15) is 0 Å². The number of anilines is 1. The molecule has 0 saturated heterocycles. The van der Waals surface area contributed by atoms with Gasteiger partial charge < -0.3 is 10.2 Å². The lowest BCUT2D eigenvalue weighted by atomic mass is 10.3. The van der Waals surface area contributed by atoms with E-state index in [2.05, 4.69) is 18.8 Å². The summed E-state index contributed by atoms with van der Waals surface area (Å²) in [5.41, 5.74) is 0.968. The van der Waals surface area contributed by atoms with E-state index in [1.54, 1.807) is 6.08 Å². The van der Waals surface area contributed by atoms with Crippen molar-refractivity contribution in [3.05, 3.63) is 43.0 Å². The molecular weight excluding hydrogens is 212 g/mol. The van der Waals surface area contributed by atoms with Crippen LogP contribution in [-0.2, 0) is 4.79 Å². The lowest BCUT2D eigenvalue weighted by molar-refractivity contribution is -0.128. The Balaban J connectivity index is 2.44. The topological polar surface area (TPSA) is 32.3 Å². The highest BCUT2D eigenvalue weighted by Gasteiger charge is 2.10. The number of nitrogens with zero attached hydrogens (tertiary/aromatic N) is 1. The largest absolute Gasteiger partial charge is 0.376 e. The van der Waals surface area contributed by atoms with Gasteiger partial charge in [-0.25, -0.2) is 0 Å². The first-order chi connectivity index (χ1) is 8.27. The van der Waals surface area contributed by atoms with Crippen LogP contribution in [0.3, 0.4) is 0 Å². The third kappa shape index (κ3) is 4.72. The van der Waals surface area contributed by atoms with E-state index < -0.39 is 0 Å². The molecule has 0 bridgehead atoms. The Bertz CT molecular complexity index is 348. The summed E-state index contributed by atoms with van der Waals surface area (Å²) in [6.07, 6.45) is 2.72. The Morgan fingerprint density at radius 2 is 2.12 bits per heavy atom. The molecule has 0 heterocycles. The summed E-state index contributed by atoms with van der Waals surface area (Å²) in [4.78, 5) is 13.7. The van der Waals surface area contributed by atoms with E-state index in [-0.39, 0.29) is 5.91 Å². The predicted octanol–water partition coefficient (Wildman–Crippen LogP) is 2.52. The van der Waals surface area contributed by atoms with Crippen LogP contribution in [0.4, 0.5) is 5.69 Å². The maximum Gasteiger partial charge on any atom is 0.242 e. The van der Waals surface area contributed by atoms with Crippen molar-refractivity contribution in [2.45, 2.75) is 13.3 Å². The molecule has 3 nitrogen and oxygen atoms in total. The van der Waals surface area contributed by atoms with Crippen molar-refractivity contribution in [2.75, 3.05) is 25.0 Å². The van der Waals surface area contributed by atoms with E-state index in [4.69, 9.17) is 0 Å². The zero-order valence-corrected chi connectivity index (χ0v) is 10.4. The third-order valence-electron chi connectivity index (χ3n) is 2.41. The Hall–Kier alpha value is -1.77. The second-order valence-electron chi connectivity index (χ2n) is 3.85. The fraction of sp³-hybridized carbons (Fsp3) is 0.357. The molecule has 1 rings (SSSR count). The van der Waals surface area contributed by atoms with Crippen molar-refractivity contribution >= 4 is 11.6 Å². The Morgan fingerprint density at radius 3 is 2.71 bits per heavy atom. The Morgan fingerprint density at radius 1 is 1.41 bits per heavy atom. The van der Waals surface area contributed by atoms with Crippen molar-refractivity contribution in [1.82, 2.24) is 4.90 Å². The number of para-hydroxylation sites is 1. The minimum Gasteiger partial charge on any atom is -0.376 e. The summed E-state index contributed by atoms with van der Waals surface area (Å²) in [5, 5.41) is 3.12. The summed E-state index contributed by atoms with van der Waals surface area (Å²) in [7, 11) is 0. The molecule has 0 aromatic heterocycles. The van der Waals surface area contributed by atoms with Gasteiger partial charge in [-0.3, -0.25) is 4.79 Å². The first-order valence-corrected chi connectivity index (χ1v) is 5.95. The molecule has 1 amide bonds. The molecule has 0 radical (unpaired) electrons. The summed E-state index contributed by atoms with van der Waals surface area (Å²) < 4.78 is 0. The van der Waals surface area contributed by atoms with Gasteiger partial charge in [0, 0.05) is 18.8 Å². The number of nitrogens with one attached hydrogen (secondary N) is 1. The lowest BCUT2D eigenvalue weighted by Gasteiger charge is -2.20. The normalized spacial score (nSPS) is 9.71. The molecular formula is C14H20N2O. The van der Waals surface area contributed by atoms with Gasteiger partial charge in [-0.05, 0) is 18.6 Å². The third-order valence-corrected chi connectivity index (χ3v) is 2.41. The summed E-state index contributed by atoms with van der Waals surface area (Å²) in [5.74, 6) is 0.107. The number of benzene rings is 1. The molecule has 1 aromatic carbocycles. The van der Waals surface area contributed by atoms with Gasteiger partial charge in [0.25, 0.3) is 0 Å². The molecule has 92 valence electrons. The van der Waals surface area contributed by atoms with Crippen LogP contribution in [0, 0.1) is 0 Å². The molecule has 0 fully saturated rings. The zero-order valence-electron chi connectivity index (χ0n) is 10.4. The van der Waals surface area contributed by atoms with Crippen LogP contribution < -0.4 is 5.32 Å². The first kappa shape index (κ1) is 13.3. The van der Waals surface area contributed by atoms with Crippen LogP contribution in [-0.4, -0.2) is 30.4 Å². The van der Waals surface area contributed by atoms with E-state index in [9.17, 15) is 4.79 Å². The number of hydrogen-bond acceptors (Lipinski definition) is 2. The van der Waals surface area contributed by atoms with Crippen molar-refractivity contribution < 1.29 is 4.79 Å². The molecule has 0 aliphatic heterocycles. The number of carbonyl (C=O) groups is 1. The summed E-state index contributed by atoms with van der Waals surface area (Å²) in [6.45, 7) is 7.46. The van der Waals surface area contributed by atoms with Crippen LogP contribution in [0.1, 0.15) is 13.3 Å². The number of rotatable bonds is 7. The molecule has 0 aliphatic rings. The average Bonchev–Trinajstić information content (AvgIpc) is 2.37. The zero-order chi connectivity index (χ0) is 12.5. The SMILES string of the molecule is C=CCN(CCC)C(=O)CNc1ccccc1. The monoisotopic (exact) mass is 232 g/mol. The van der Waals surface area contributed by atoms with Crippen molar-refractivity contribution in [3.8, 4) is 0 Å². The van der Waals surface area contributed by atoms with Crippen molar-refractivity contribution in [3.63, 3.8) is 0 Å².